The van der Waals surface area contributed by atoms with E-state index in [0.717, 1.165) is 0 Å². The lowest BCUT2D eigenvalue weighted by Gasteiger charge is -2.25. The molecule has 2 heterocycles. The fraction of sp³-hybridized carbons (Fsp3) is 0.600. The Bertz CT molecular complexity index is 539. The van der Waals surface area contributed by atoms with Gasteiger partial charge in [0.25, 0.3) is 10.0 Å². The summed E-state index contributed by atoms with van der Waals surface area (Å²) >= 11 is 0. The summed E-state index contributed by atoms with van der Waals surface area (Å²) < 4.78 is 27.6. The van der Waals surface area contributed by atoms with E-state index < -0.39 is 10.0 Å². The monoisotopic (exact) mass is 272 g/mol. The van der Waals surface area contributed by atoms with Gasteiger partial charge in [0.15, 0.2) is 5.03 Å². The van der Waals surface area contributed by atoms with Crippen molar-refractivity contribution in [2.75, 3.05) is 13.1 Å². The zero-order chi connectivity index (χ0) is 13.2. The summed E-state index contributed by atoms with van der Waals surface area (Å²) in [6, 6.07) is 0. The molecule has 1 fully saturated rings. The summed E-state index contributed by atoms with van der Waals surface area (Å²) in [4.78, 5) is 3.93. The Hall–Kier alpha value is -1.41. The molecule has 18 heavy (non-hydrogen) atoms. The Kier molecular flexibility index (Phi) is 3.67. The van der Waals surface area contributed by atoms with E-state index in [-0.39, 0.29) is 5.03 Å². The highest BCUT2D eigenvalue weighted by molar-refractivity contribution is 7.89. The van der Waals surface area contributed by atoms with Gasteiger partial charge < -0.3 is 9.77 Å². The van der Waals surface area contributed by atoms with E-state index in [2.05, 4.69) is 10.1 Å². The molecule has 0 saturated carbocycles. The van der Waals surface area contributed by atoms with E-state index in [1.165, 1.54) is 16.8 Å². The average Bonchev–Trinajstić information content (AvgIpc) is 2.88. The normalized spacial score (nSPS) is 17.9. The number of nitrogens with zero attached hydrogens (tertiary/aromatic N) is 4. The van der Waals surface area contributed by atoms with E-state index in [1.807, 2.05) is 6.92 Å². The van der Waals surface area contributed by atoms with Crippen LogP contribution in [0.4, 0.5) is 0 Å². The van der Waals surface area contributed by atoms with Crippen molar-refractivity contribution >= 4 is 15.7 Å². The maximum atomic E-state index is 12.3. The van der Waals surface area contributed by atoms with Gasteiger partial charge in [0, 0.05) is 38.7 Å². The molecule has 0 spiro atoms. The minimum absolute atomic E-state index is 0.0775. The number of rotatable bonds is 3. The molecule has 1 saturated heterocycles. The summed E-state index contributed by atoms with van der Waals surface area (Å²) in [7, 11) is -3.52. The fourth-order valence-electron chi connectivity index (χ4n) is 1.86. The van der Waals surface area contributed by atoms with Gasteiger partial charge in [-0.1, -0.05) is 5.16 Å². The lowest BCUT2D eigenvalue weighted by atomic mass is 10.1. The standard InChI is InChI=1S/C10H16N4O3S/c1-2-13-7-10(11-8-13)18(16,17)14-5-3-9(12-15)4-6-14/h7-8,15H,2-6H2,1H3. The number of hydrogen-bond donors (Lipinski definition) is 1. The van der Waals surface area contributed by atoms with Gasteiger partial charge >= 0.3 is 0 Å². The maximum Gasteiger partial charge on any atom is 0.262 e. The van der Waals surface area contributed by atoms with Gasteiger partial charge in [0.2, 0.25) is 0 Å². The SMILES string of the molecule is CCn1cnc(S(=O)(=O)N2CCC(=NO)CC2)c1. The zero-order valence-electron chi connectivity index (χ0n) is 10.2. The van der Waals surface area contributed by atoms with Crippen LogP contribution in [0.15, 0.2) is 22.7 Å². The molecule has 0 aromatic carbocycles. The number of piperidine rings is 1. The maximum absolute atomic E-state index is 12.3. The van der Waals surface area contributed by atoms with Crippen LogP contribution in [0.1, 0.15) is 19.8 Å². The smallest absolute Gasteiger partial charge is 0.262 e. The molecule has 1 N–H and O–H groups in total. The van der Waals surface area contributed by atoms with E-state index >= 15 is 0 Å². The van der Waals surface area contributed by atoms with Crippen molar-refractivity contribution in [1.82, 2.24) is 13.9 Å². The molecule has 8 heteroatoms. The van der Waals surface area contributed by atoms with Crippen LogP contribution < -0.4 is 0 Å². The highest BCUT2D eigenvalue weighted by Crippen LogP contribution is 2.18. The summed E-state index contributed by atoms with van der Waals surface area (Å²) in [5.74, 6) is 0. The quantitative estimate of drug-likeness (QED) is 0.641. The molecule has 0 bridgehead atoms. The Morgan fingerprint density at radius 2 is 2.11 bits per heavy atom. The van der Waals surface area contributed by atoms with E-state index in [9.17, 15) is 8.42 Å². The summed E-state index contributed by atoms with van der Waals surface area (Å²) in [6.07, 6.45) is 3.97. The van der Waals surface area contributed by atoms with Crippen LogP contribution >= 0.6 is 0 Å². The second-order valence-electron chi connectivity index (χ2n) is 4.11. The molecule has 2 rings (SSSR count). The van der Waals surface area contributed by atoms with E-state index in [4.69, 9.17) is 5.21 Å². The van der Waals surface area contributed by atoms with Gasteiger partial charge in [0.1, 0.15) is 0 Å². The Morgan fingerprint density at radius 3 is 2.61 bits per heavy atom. The summed E-state index contributed by atoms with van der Waals surface area (Å²) in [6.45, 7) is 3.27. The highest BCUT2D eigenvalue weighted by atomic mass is 32.2. The van der Waals surface area contributed by atoms with Crippen LogP contribution in [0, 0.1) is 0 Å². The predicted molar refractivity (Wildman–Crippen MR) is 65.1 cm³/mol. The highest BCUT2D eigenvalue weighted by Gasteiger charge is 2.29. The van der Waals surface area contributed by atoms with Crippen LogP contribution in [0.5, 0.6) is 0 Å². The van der Waals surface area contributed by atoms with Gasteiger partial charge in [-0.15, -0.1) is 0 Å². The Morgan fingerprint density at radius 1 is 1.44 bits per heavy atom. The molecule has 1 aromatic rings. The van der Waals surface area contributed by atoms with Crippen molar-refractivity contribution in [3.8, 4) is 0 Å². The fourth-order valence-corrected chi connectivity index (χ4v) is 3.24. The first-order valence-electron chi connectivity index (χ1n) is 5.79. The Balaban J connectivity index is 2.17. The molecule has 0 aliphatic carbocycles. The van der Waals surface area contributed by atoms with Crippen LogP contribution in [-0.2, 0) is 16.6 Å². The van der Waals surface area contributed by atoms with Gasteiger partial charge in [-0.05, 0) is 6.92 Å². The van der Waals surface area contributed by atoms with Crippen molar-refractivity contribution in [3.63, 3.8) is 0 Å². The van der Waals surface area contributed by atoms with E-state index in [1.54, 1.807) is 4.57 Å². The number of aromatic nitrogens is 2. The number of oxime groups is 1. The topological polar surface area (TPSA) is 87.8 Å². The minimum Gasteiger partial charge on any atom is -0.411 e. The second-order valence-corrected chi connectivity index (χ2v) is 6.00. The third-order valence-corrected chi connectivity index (χ3v) is 4.80. The lowest BCUT2D eigenvalue weighted by Crippen LogP contribution is -2.38. The molecule has 1 aromatic heterocycles. The van der Waals surface area contributed by atoms with Crippen molar-refractivity contribution in [2.45, 2.75) is 31.3 Å². The van der Waals surface area contributed by atoms with Crippen molar-refractivity contribution in [3.05, 3.63) is 12.5 Å². The van der Waals surface area contributed by atoms with Crippen LogP contribution in [0.25, 0.3) is 0 Å². The molecule has 1 aliphatic heterocycles. The predicted octanol–water partition coefficient (Wildman–Crippen LogP) is 0.518. The first kappa shape index (κ1) is 13.0. The largest absolute Gasteiger partial charge is 0.411 e. The average molecular weight is 272 g/mol. The molecule has 0 atom stereocenters. The van der Waals surface area contributed by atoms with Gasteiger partial charge in [-0.3, -0.25) is 0 Å². The Labute approximate surface area is 106 Å². The molecule has 7 nitrogen and oxygen atoms in total. The molecule has 100 valence electrons. The molecular weight excluding hydrogens is 256 g/mol. The molecule has 0 radical (unpaired) electrons. The molecule has 0 amide bonds. The zero-order valence-corrected chi connectivity index (χ0v) is 11.0. The molecular formula is C10H16N4O3S. The first-order valence-corrected chi connectivity index (χ1v) is 7.23. The third-order valence-electron chi connectivity index (χ3n) is 3.02. The third kappa shape index (κ3) is 2.39. The van der Waals surface area contributed by atoms with E-state index in [0.29, 0.717) is 38.2 Å². The van der Waals surface area contributed by atoms with Gasteiger partial charge in [0.05, 0.1) is 12.0 Å². The van der Waals surface area contributed by atoms with Crippen LogP contribution in [0.2, 0.25) is 0 Å². The van der Waals surface area contributed by atoms with Crippen molar-refractivity contribution in [2.24, 2.45) is 5.16 Å². The minimum atomic E-state index is -3.52. The number of hydrogen-bond acceptors (Lipinski definition) is 5. The van der Waals surface area contributed by atoms with Gasteiger partial charge in [-0.25, -0.2) is 13.4 Å². The van der Waals surface area contributed by atoms with Crippen molar-refractivity contribution < 1.29 is 13.6 Å². The number of imidazole rings is 1. The number of aryl methyl sites for hydroxylation is 1. The summed E-state index contributed by atoms with van der Waals surface area (Å²) in [5, 5.41) is 11.8. The van der Waals surface area contributed by atoms with Crippen LogP contribution in [0.3, 0.4) is 0 Å². The number of sulfonamides is 1. The van der Waals surface area contributed by atoms with Crippen LogP contribution in [-0.4, -0.2) is 46.3 Å². The molecule has 0 unspecified atom stereocenters. The summed E-state index contributed by atoms with van der Waals surface area (Å²) in [5.41, 5.74) is 0.639. The first-order chi connectivity index (χ1) is 8.57. The van der Waals surface area contributed by atoms with Gasteiger partial charge in [-0.2, -0.15) is 4.31 Å². The second kappa shape index (κ2) is 5.07. The molecule has 1 aliphatic rings. The lowest BCUT2D eigenvalue weighted by molar-refractivity contribution is 0.309. The van der Waals surface area contributed by atoms with Crippen molar-refractivity contribution in [1.29, 1.82) is 0 Å².